The Kier molecular flexibility index (Phi) is 27.3. The number of quaternary nitrogens is 1. The summed E-state index contributed by atoms with van der Waals surface area (Å²) in [6.45, 7) is 4.97. The summed E-state index contributed by atoms with van der Waals surface area (Å²) in [5.74, 6) is 0.434. The third-order valence-electron chi connectivity index (χ3n) is 7.36. The van der Waals surface area contributed by atoms with Crippen LogP contribution >= 0.6 is 0 Å². The van der Waals surface area contributed by atoms with Gasteiger partial charge in [-0.1, -0.05) is 155 Å². The van der Waals surface area contributed by atoms with Crippen LogP contribution in [0.4, 0.5) is 0 Å². The lowest BCUT2D eigenvalue weighted by Crippen LogP contribution is -3.09. The van der Waals surface area contributed by atoms with Gasteiger partial charge in [0.25, 0.3) is 0 Å². The zero-order chi connectivity index (χ0) is 25.1. The number of hydrogen-bond donors (Lipinski definition) is 3. The van der Waals surface area contributed by atoms with Crippen molar-refractivity contribution in [3.63, 3.8) is 0 Å². The van der Waals surface area contributed by atoms with Crippen molar-refractivity contribution >= 4 is 0 Å². The number of aliphatic hydroxyl groups excluding tert-OH is 1. The molecule has 34 heavy (non-hydrogen) atoms. The molecule has 0 bridgehead atoms. The van der Waals surface area contributed by atoms with Crippen molar-refractivity contribution < 1.29 is 15.3 Å². The van der Waals surface area contributed by atoms with E-state index in [0.717, 1.165) is 12.8 Å². The van der Waals surface area contributed by atoms with Crippen LogP contribution in [0.15, 0.2) is 0 Å². The van der Waals surface area contributed by atoms with E-state index >= 15 is 0 Å². The molecule has 0 rings (SSSR count). The Balaban J connectivity index is 3.83. The van der Waals surface area contributed by atoms with Crippen LogP contribution in [0, 0.1) is 11.1 Å². The average Bonchev–Trinajstić information content (AvgIpc) is 2.80. The minimum Gasteiger partial charge on any atom is -0.634 e. The van der Waals surface area contributed by atoms with Crippen molar-refractivity contribution in [1.29, 1.82) is 0 Å². The van der Waals surface area contributed by atoms with Gasteiger partial charge in [0.2, 0.25) is 6.29 Å². The van der Waals surface area contributed by atoms with E-state index in [1.807, 2.05) is 0 Å². The molecule has 0 radical (unpaired) electrons. The van der Waals surface area contributed by atoms with E-state index < -0.39 is 6.29 Å². The highest BCUT2D eigenvalue weighted by atomic mass is 16.5. The maximum Gasteiger partial charge on any atom is 0.202 e. The summed E-state index contributed by atoms with van der Waals surface area (Å²) < 4.78 is 0. The summed E-state index contributed by atoms with van der Waals surface area (Å²) in [5.41, 5.74) is 0. The zero-order valence-corrected chi connectivity index (χ0v) is 23.3. The smallest absolute Gasteiger partial charge is 0.202 e. The van der Waals surface area contributed by atoms with Crippen LogP contribution in [-0.4, -0.2) is 29.6 Å². The van der Waals surface area contributed by atoms with Crippen molar-refractivity contribution in [3.8, 4) is 0 Å². The number of hydrogen-bond acceptors (Lipinski definition) is 3. The van der Waals surface area contributed by atoms with Crippen molar-refractivity contribution in [2.75, 3.05) is 13.1 Å². The first-order chi connectivity index (χ1) is 16.6. The van der Waals surface area contributed by atoms with Crippen LogP contribution in [0.2, 0.25) is 0 Å². The predicted octanol–water partition coefficient (Wildman–Crippen LogP) is 7.70. The van der Waals surface area contributed by atoms with Gasteiger partial charge in [-0.25, -0.2) is 0 Å². The molecule has 0 saturated heterocycles. The van der Waals surface area contributed by atoms with E-state index in [1.165, 1.54) is 141 Å². The van der Waals surface area contributed by atoms with Crippen molar-refractivity contribution in [2.45, 2.75) is 174 Å². The number of rotatable bonds is 28. The van der Waals surface area contributed by atoms with E-state index in [1.54, 1.807) is 0 Å². The molecule has 2 atom stereocenters. The number of unbranched alkanes of at least 4 members (excludes halogenated alkanes) is 20. The first kappa shape index (κ1) is 33.8. The summed E-state index contributed by atoms with van der Waals surface area (Å²) in [6.07, 6.45) is 30.5. The fourth-order valence-corrected chi connectivity index (χ4v) is 5.15. The highest BCUT2D eigenvalue weighted by Crippen LogP contribution is 2.19. The number of hydroxylamine groups is 2. The number of nitrogens with one attached hydrogen (secondary N) is 1. The molecule has 0 amide bonds. The molecule has 3 N–H and O–H groups in total. The van der Waals surface area contributed by atoms with E-state index in [9.17, 15) is 5.21 Å². The first-order valence-corrected chi connectivity index (χ1v) is 15.5. The molecule has 0 heterocycles. The van der Waals surface area contributed by atoms with Crippen LogP contribution in [0.5, 0.6) is 0 Å². The topological polar surface area (TPSA) is 68.0 Å². The molecule has 0 aromatic carbocycles. The monoisotopic (exact) mass is 485 g/mol. The van der Waals surface area contributed by atoms with Crippen LogP contribution in [-0.2, 0) is 0 Å². The van der Waals surface area contributed by atoms with Gasteiger partial charge in [-0.15, -0.1) is 0 Å². The molecule has 0 spiro atoms. The minimum atomic E-state index is -1.49. The molecule has 2 unspecified atom stereocenters. The summed E-state index contributed by atoms with van der Waals surface area (Å²) in [5, 5.41) is 30.4. The molecule has 0 aliphatic carbocycles. The molecule has 0 aliphatic heterocycles. The van der Waals surface area contributed by atoms with Gasteiger partial charge in [0.05, 0.1) is 6.54 Å². The molecule has 4 nitrogen and oxygen atoms in total. The van der Waals surface area contributed by atoms with Crippen molar-refractivity contribution in [1.82, 2.24) is 0 Å². The Morgan fingerprint density at radius 1 is 0.471 bits per heavy atom. The first-order valence-electron chi connectivity index (χ1n) is 15.5. The molecule has 0 aromatic heterocycles. The van der Waals surface area contributed by atoms with Gasteiger partial charge in [0.1, 0.15) is 6.54 Å². The second-order valence-corrected chi connectivity index (χ2v) is 10.9. The van der Waals surface area contributed by atoms with Gasteiger partial charge >= 0.3 is 0 Å². The van der Waals surface area contributed by atoms with Gasteiger partial charge in [-0.05, 0) is 12.8 Å². The van der Waals surface area contributed by atoms with Crippen molar-refractivity contribution in [2.24, 2.45) is 5.92 Å². The zero-order valence-electron chi connectivity index (χ0n) is 23.3. The second kappa shape index (κ2) is 27.4. The van der Waals surface area contributed by atoms with Gasteiger partial charge < -0.3 is 20.5 Å². The lowest BCUT2D eigenvalue weighted by atomic mass is 9.93. The SMILES string of the molecule is CCCCCCCCCCCCCCC(CCCCCCCCCCCC)C[NH+]([O-])CC(O)O. The molecule has 4 heteroatoms. The highest BCUT2D eigenvalue weighted by molar-refractivity contribution is 4.61. The fraction of sp³-hybridized carbons (Fsp3) is 1.00. The summed E-state index contributed by atoms with van der Waals surface area (Å²) in [4.78, 5) is 0. The Morgan fingerprint density at radius 2 is 0.765 bits per heavy atom. The fourth-order valence-electron chi connectivity index (χ4n) is 5.15. The molecular formula is C30H63NO3. The second-order valence-electron chi connectivity index (χ2n) is 10.9. The van der Waals surface area contributed by atoms with Crippen LogP contribution in [0.25, 0.3) is 0 Å². The van der Waals surface area contributed by atoms with Crippen molar-refractivity contribution in [3.05, 3.63) is 5.21 Å². The standard InChI is InChI=1S/C30H63NO3/c1-3-5-7-9-11-13-15-16-18-20-22-24-26-29(27-31(34)28-30(32)33)25-23-21-19-17-14-12-10-8-6-4-2/h29-33H,3-28H2,1-2H3. The molecule has 0 aliphatic rings. The normalized spacial score (nSPS) is 13.6. The van der Waals surface area contributed by atoms with E-state index in [0.29, 0.717) is 12.5 Å². The molecule has 0 saturated carbocycles. The highest BCUT2D eigenvalue weighted by Gasteiger charge is 2.14. The molecule has 0 aromatic rings. The lowest BCUT2D eigenvalue weighted by molar-refractivity contribution is -0.858. The van der Waals surface area contributed by atoms with Gasteiger partial charge in [0.15, 0.2) is 0 Å². The minimum absolute atomic E-state index is 0.0195. The summed E-state index contributed by atoms with van der Waals surface area (Å²) >= 11 is 0. The Hall–Kier alpha value is -0.160. The Bertz CT molecular complexity index is 378. The van der Waals surface area contributed by atoms with E-state index in [-0.39, 0.29) is 11.6 Å². The third kappa shape index (κ3) is 26.4. The summed E-state index contributed by atoms with van der Waals surface area (Å²) in [7, 11) is 0. The number of aliphatic hydroxyl groups is 2. The molecular weight excluding hydrogens is 422 g/mol. The maximum absolute atomic E-state index is 12.1. The van der Waals surface area contributed by atoms with Crippen LogP contribution in [0.3, 0.4) is 0 Å². The summed E-state index contributed by atoms with van der Waals surface area (Å²) in [6, 6.07) is 0. The lowest BCUT2D eigenvalue weighted by Gasteiger charge is -2.28. The van der Waals surface area contributed by atoms with E-state index in [2.05, 4.69) is 13.8 Å². The Labute approximate surface area is 213 Å². The van der Waals surface area contributed by atoms with Gasteiger partial charge in [0, 0.05) is 5.92 Å². The third-order valence-corrected chi connectivity index (χ3v) is 7.36. The quantitative estimate of drug-likeness (QED) is 0.0604. The van der Waals surface area contributed by atoms with Crippen LogP contribution in [0.1, 0.15) is 168 Å². The Morgan fingerprint density at radius 3 is 1.06 bits per heavy atom. The van der Waals surface area contributed by atoms with Gasteiger partial charge in [-0.2, -0.15) is 0 Å². The average molecular weight is 486 g/mol. The molecule has 0 fully saturated rings. The van der Waals surface area contributed by atoms with Crippen LogP contribution < -0.4 is 5.06 Å². The predicted molar refractivity (Wildman–Crippen MR) is 148 cm³/mol. The maximum atomic E-state index is 12.1. The molecule has 206 valence electrons. The van der Waals surface area contributed by atoms with Gasteiger partial charge in [-0.3, -0.25) is 0 Å². The van der Waals surface area contributed by atoms with E-state index in [4.69, 9.17) is 10.2 Å². The largest absolute Gasteiger partial charge is 0.634 e.